The van der Waals surface area contributed by atoms with E-state index in [1.807, 2.05) is 38.1 Å². The van der Waals surface area contributed by atoms with Crippen LogP contribution in [0.1, 0.15) is 12.5 Å². The highest BCUT2D eigenvalue weighted by atomic mass is 19.1. The van der Waals surface area contributed by atoms with Gasteiger partial charge in [-0.15, -0.1) is 0 Å². The van der Waals surface area contributed by atoms with Crippen molar-refractivity contribution in [1.29, 1.82) is 0 Å². The van der Waals surface area contributed by atoms with Crippen molar-refractivity contribution in [3.05, 3.63) is 76.6 Å². The molecule has 4 aromatic rings. The Hall–Kier alpha value is -3.81. The van der Waals surface area contributed by atoms with Gasteiger partial charge in [-0.05, 0) is 49.7 Å². The minimum atomic E-state index is -0.449. The van der Waals surface area contributed by atoms with E-state index in [2.05, 4.69) is 10.1 Å². The van der Waals surface area contributed by atoms with Crippen LogP contribution in [0, 0.1) is 12.7 Å². The Balaban J connectivity index is 1.71. The zero-order valence-electron chi connectivity index (χ0n) is 16.5. The maximum Gasteiger partial charge on any atom is 0.267 e. The summed E-state index contributed by atoms with van der Waals surface area (Å²) in [4.78, 5) is 31.8. The molecule has 8 heteroatoms. The summed E-state index contributed by atoms with van der Waals surface area (Å²) in [7, 11) is 0. The van der Waals surface area contributed by atoms with Crippen molar-refractivity contribution < 1.29 is 13.7 Å². The maximum atomic E-state index is 13.2. The number of carbonyl (C=O) groups excluding carboxylic acids is 1. The Labute approximate surface area is 171 Å². The molecule has 0 spiro atoms. The average molecular weight is 406 g/mol. The first-order valence-electron chi connectivity index (χ1n) is 9.46. The first-order valence-corrected chi connectivity index (χ1v) is 9.46. The summed E-state index contributed by atoms with van der Waals surface area (Å²) in [6.07, 6.45) is 1.27. The van der Waals surface area contributed by atoms with Gasteiger partial charge in [0.05, 0.1) is 0 Å². The lowest BCUT2D eigenvalue weighted by molar-refractivity contribution is -0.119. The number of nitrogens with zero attached hydrogens (tertiary/aromatic N) is 4. The molecule has 0 fully saturated rings. The molecule has 2 aromatic carbocycles. The van der Waals surface area contributed by atoms with Gasteiger partial charge in [-0.25, -0.2) is 9.37 Å². The fourth-order valence-corrected chi connectivity index (χ4v) is 3.38. The van der Waals surface area contributed by atoms with Crippen molar-refractivity contribution in [3.63, 3.8) is 0 Å². The molecule has 0 aliphatic carbocycles. The predicted octanol–water partition coefficient (Wildman–Crippen LogP) is 3.55. The van der Waals surface area contributed by atoms with E-state index in [-0.39, 0.29) is 29.2 Å². The molecule has 0 atom stereocenters. The van der Waals surface area contributed by atoms with Crippen molar-refractivity contribution in [2.45, 2.75) is 20.4 Å². The van der Waals surface area contributed by atoms with Crippen molar-refractivity contribution in [2.75, 3.05) is 11.4 Å². The molecular formula is C22H19FN4O3. The smallest absolute Gasteiger partial charge is 0.267 e. The van der Waals surface area contributed by atoms with E-state index >= 15 is 0 Å². The zero-order chi connectivity index (χ0) is 21.3. The lowest BCUT2D eigenvalue weighted by Gasteiger charge is -2.23. The van der Waals surface area contributed by atoms with E-state index in [4.69, 9.17) is 4.52 Å². The summed E-state index contributed by atoms with van der Waals surface area (Å²) < 4.78 is 19.6. The van der Waals surface area contributed by atoms with Gasteiger partial charge in [-0.3, -0.25) is 14.2 Å². The first kappa shape index (κ1) is 19.5. The van der Waals surface area contributed by atoms with Crippen LogP contribution < -0.4 is 10.5 Å². The Morgan fingerprint density at radius 1 is 1.17 bits per heavy atom. The quantitative estimate of drug-likeness (QED) is 0.506. The maximum absolute atomic E-state index is 13.2. The number of benzene rings is 2. The van der Waals surface area contributed by atoms with E-state index in [1.165, 1.54) is 35.2 Å². The molecule has 0 radical (unpaired) electrons. The number of carbonyl (C=O) groups is 1. The highest BCUT2D eigenvalue weighted by Gasteiger charge is 2.20. The molecule has 152 valence electrons. The fraction of sp³-hybridized carbons (Fsp3) is 0.182. The molecule has 0 aliphatic heterocycles. The summed E-state index contributed by atoms with van der Waals surface area (Å²) >= 11 is 0. The largest absolute Gasteiger partial charge is 0.335 e. The highest BCUT2D eigenvalue weighted by molar-refractivity contribution is 5.94. The van der Waals surface area contributed by atoms with E-state index in [0.29, 0.717) is 12.1 Å². The number of fused-ring (bicyclic) bond motifs is 1. The number of para-hydroxylation sites is 1. The SMILES string of the molecule is CCN(C(=O)Cn1cnc2onc(-c3ccc(F)cc3)c2c1=O)c1ccccc1C. The van der Waals surface area contributed by atoms with Crippen LogP contribution in [0.2, 0.25) is 0 Å². The van der Waals surface area contributed by atoms with Crippen LogP contribution >= 0.6 is 0 Å². The second-order valence-corrected chi connectivity index (χ2v) is 6.82. The van der Waals surface area contributed by atoms with Crippen LogP contribution in [0.15, 0.2) is 64.2 Å². The van der Waals surface area contributed by atoms with Gasteiger partial charge < -0.3 is 9.42 Å². The third-order valence-corrected chi connectivity index (χ3v) is 4.91. The van der Waals surface area contributed by atoms with Crippen molar-refractivity contribution in [1.82, 2.24) is 14.7 Å². The molecule has 7 nitrogen and oxygen atoms in total. The molecule has 0 saturated heterocycles. The summed E-state index contributed by atoms with van der Waals surface area (Å²) in [5.41, 5.74) is 2.16. The molecule has 0 aliphatic rings. The van der Waals surface area contributed by atoms with E-state index in [1.54, 1.807) is 4.90 Å². The minimum absolute atomic E-state index is 0.0641. The van der Waals surface area contributed by atoms with Crippen molar-refractivity contribution >= 4 is 22.7 Å². The number of hydrogen-bond donors (Lipinski definition) is 0. The summed E-state index contributed by atoms with van der Waals surface area (Å²) in [6, 6.07) is 13.1. The zero-order valence-corrected chi connectivity index (χ0v) is 16.5. The number of halogens is 1. The van der Waals surface area contributed by atoms with Crippen molar-refractivity contribution in [3.8, 4) is 11.3 Å². The molecule has 2 heterocycles. The van der Waals surface area contributed by atoms with Gasteiger partial charge in [0.15, 0.2) is 0 Å². The summed E-state index contributed by atoms with van der Waals surface area (Å²) in [6.45, 7) is 4.08. The second-order valence-electron chi connectivity index (χ2n) is 6.82. The van der Waals surface area contributed by atoms with Crippen LogP contribution in [0.4, 0.5) is 10.1 Å². The lowest BCUT2D eigenvalue weighted by atomic mass is 10.1. The average Bonchev–Trinajstić information content (AvgIpc) is 3.17. The van der Waals surface area contributed by atoms with Crippen LogP contribution in [-0.4, -0.2) is 27.2 Å². The number of anilines is 1. The van der Waals surface area contributed by atoms with Crippen LogP contribution in [0.25, 0.3) is 22.4 Å². The molecule has 2 aromatic heterocycles. The summed E-state index contributed by atoms with van der Waals surface area (Å²) in [5.74, 6) is -0.640. The van der Waals surface area contributed by atoms with Crippen LogP contribution in [0.5, 0.6) is 0 Å². The third kappa shape index (κ3) is 3.47. The van der Waals surface area contributed by atoms with Crippen LogP contribution in [-0.2, 0) is 11.3 Å². The van der Waals surface area contributed by atoms with E-state index < -0.39 is 11.4 Å². The number of aromatic nitrogens is 3. The molecule has 0 bridgehead atoms. The Morgan fingerprint density at radius 3 is 2.60 bits per heavy atom. The van der Waals surface area contributed by atoms with Gasteiger partial charge in [0.2, 0.25) is 5.91 Å². The summed E-state index contributed by atoms with van der Waals surface area (Å²) in [5, 5.41) is 4.07. The number of amides is 1. The predicted molar refractivity (Wildman–Crippen MR) is 111 cm³/mol. The van der Waals surface area contributed by atoms with Gasteiger partial charge in [0.25, 0.3) is 11.3 Å². The Morgan fingerprint density at radius 2 is 1.90 bits per heavy atom. The molecule has 0 unspecified atom stereocenters. The van der Waals surface area contributed by atoms with Gasteiger partial charge in [-0.1, -0.05) is 23.4 Å². The van der Waals surface area contributed by atoms with Gasteiger partial charge in [0.1, 0.15) is 29.8 Å². The topological polar surface area (TPSA) is 81.2 Å². The lowest BCUT2D eigenvalue weighted by Crippen LogP contribution is -2.37. The molecule has 4 rings (SSSR count). The minimum Gasteiger partial charge on any atom is -0.335 e. The van der Waals surface area contributed by atoms with E-state index in [0.717, 1.165) is 11.3 Å². The van der Waals surface area contributed by atoms with Gasteiger partial charge in [0, 0.05) is 17.8 Å². The van der Waals surface area contributed by atoms with Crippen molar-refractivity contribution in [2.24, 2.45) is 0 Å². The molecular weight excluding hydrogens is 387 g/mol. The standard InChI is InChI=1S/C22H19FN4O3/c1-3-27(17-7-5-4-6-14(17)2)18(28)12-26-13-24-21-19(22(26)29)20(25-30-21)15-8-10-16(23)11-9-15/h4-11,13H,3,12H2,1-2H3. The number of likely N-dealkylation sites (N-methyl/N-ethyl adjacent to an activating group) is 1. The molecule has 0 N–H and O–H groups in total. The molecule has 1 amide bonds. The van der Waals surface area contributed by atoms with Gasteiger partial charge in [-0.2, -0.15) is 0 Å². The Bertz CT molecular complexity index is 1280. The number of rotatable bonds is 5. The number of hydrogen-bond acceptors (Lipinski definition) is 5. The third-order valence-electron chi connectivity index (χ3n) is 4.91. The van der Waals surface area contributed by atoms with Crippen LogP contribution in [0.3, 0.4) is 0 Å². The Kier molecular flexibility index (Phi) is 5.14. The first-order chi connectivity index (χ1) is 14.5. The molecule has 0 saturated carbocycles. The number of aryl methyl sites for hydroxylation is 1. The fourth-order valence-electron chi connectivity index (χ4n) is 3.38. The highest BCUT2D eigenvalue weighted by Crippen LogP contribution is 2.24. The second kappa shape index (κ2) is 7.90. The molecule has 30 heavy (non-hydrogen) atoms. The van der Waals surface area contributed by atoms with Gasteiger partial charge >= 0.3 is 0 Å². The monoisotopic (exact) mass is 406 g/mol. The normalized spacial score (nSPS) is 11.0. The van der Waals surface area contributed by atoms with E-state index in [9.17, 15) is 14.0 Å².